The third-order valence-corrected chi connectivity index (χ3v) is 2.12. The van der Waals surface area contributed by atoms with Crippen LogP contribution in [0.5, 0.6) is 5.75 Å². The normalized spacial score (nSPS) is 10.3. The highest BCUT2D eigenvalue weighted by atomic mass is 35.5. The lowest BCUT2D eigenvalue weighted by molar-refractivity contribution is 0.359. The first-order valence-corrected chi connectivity index (χ1v) is 4.22. The van der Waals surface area contributed by atoms with Crippen molar-refractivity contribution in [2.24, 2.45) is 0 Å². The summed E-state index contributed by atoms with van der Waals surface area (Å²) in [6.07, 6.45) is 0. The second-order valence-electron chi connectivity index (χ2n) is 2.60. The van der Waals surface area contributed by atoms with Gasteiger partial charge in [-0.1, -0.05) is 0 Å². The maximum absolute atomic E-state index is 13.4. The predicted molar refractivity (Wildman–Crippen MR) is 51.3 cm³/mol. The van der Waals surface area contributed by atoms with Crippen LogP contribution in [0.1, 0.15) is 5.56 Å². The topological polar surface area (TPSA) is 61.3 Å². The van der Waals surface area contributed by atoms with Crippen LogP contribution in [0.25, 0.3) is 0 Å². The van der Waals surface area contributed by atoms with Crippen LogP contribution in [-0.4, -0.2) is 7.11 Å². The fourth-order valence-corrected chi connectivity index (χ4v) is 1.33. The van der Waals surface area contributed by atoms with Gasteiger partial charge in [0, 0.05) is 5.56 Å². The molecule has 0 spiro atoms. The molecule has 1 rings (SSSR count). The molecule has 1 aromatic rings. The lowest BCUT2D eigenvalue weighted by Crippen LogP contribution is -2.07. The number of hydrogen-bond acceptors (Lipinski definition) is 3. The number of hydrogen-bond donors (Lipinski definition) is 2. The first kappa shape index (κ1) is 10.8. The van der Waals surface area contributed by atoms with Gasteiger partial charge in [0.2, 0.25) is 0 Å². The first-order valence-electron chi connectivity index (χ1n) is 3.69. The third kappa shape index (κ3) is 1.43. The van der Waals surface area contributed by atoms with Gasteiger partial charge in [0.1, 0.15) is 0 Å². The Hall–Kier alpha value is -1.23. The minimum atomic E-state index is -1.00. The summed E-state index contributed by atoms with van der Waals surface area (Å²) in [6, 6.07) is 0. The van der Waals surface area contributed by atoms with Crippen molar-refractivity contribution in [2.45, 2.75) is 5.88 Å². The Labute approximate surface area is 84.6 Å². The summed E-state index contributed by atoms with van der Waals surface area (Å²) in [7, 11) is 1.13. The van der Waals surface area contributed by atoms with Gasteiger partial charge >= 0.3 is 0 Å². The Morgan fingerprint density at radius 1 is 1.21 bits per heavy atom. The van der Waals surface area contributed by atoms with Crippen LogP contribution in [0.3, 0.4) is 0 Å². The largest absolute Gasteiger partial charge is 0.491 e. The van der Waals surface area contributed by atoms with Crippen LogP contribution in [0.15, 0.2) is 0 Å². The van der Waals surface area contributed by atoms with Gasteiger partial charge in [-0.2, -0.15) is 0 Å². The van der Waals surface area contributed by atoms with E-state index in [-0.39, 0.29) is 22.8 Å². The molecule has 0 aliphatic heterocycles. The summed E-state index contributed by atoms with van der Waals surface area (Å²) in [5.74, 6) is -2.67. The molecule has 78 valence electrons. The first-order chi connectivity index (χ1) is 6.54. The molecule has 0 amide bonds. The Kier molecular flexibility index (Phi) is 3.00. The molecule has 0 aromatic heterocycles. The molecule has 0 atom stereocenters. The van der Waals surface area contributed by atoms with E-state index in [1.165, 1.54) is 0 Å². The summed E-state index contributed by atoms with van der Waals surface area (Å²) in [5, 5.41) is 0. The minimum absolute atomic E-state index is 0.0533. The van der Waals surface area contributed by atoms with Crippen LogP contribution in [0.4, 0.5) is 20.2 Å². The van der Waals surface area contributed by atoms with Gasteiger partial charge in [-0.15, -0.1) is 11.6 Å². The van der Waals surface area contributed by atoms with Crippen molar-refractivity contribution in [3.63, 3.8) is 0 Å². The number of benzene rings is 1. The smallest absolute Gasteiger partial charge is 0.193 e. The van der Waals surface area contributed by atoms with E-state index in [0.29, 0.717) is 0 Å². The van der Waals surface area contributed by atoms with Gasteiger partial charge in [0.15, 0.2) is 17.4 Å². The molecule has 0 fully saturated rings. The van der Waals surface area contributed by atoms with E-state index in [9.17, 15) is 8.78 Å². The molecular formula is C8H9ClF2N2O. The lowest BCUT2D eigenvalue weighted by atomic mass is 10.1. The van der Waals surface area contributed by atoms with E-state index >= 15 is 0 Å². The number of alkyl halides is 1. The zero-order valence-corrected chi connectivity index (χ0v) is 8.16. The Bertz CT molecular complexity index is 340. The average molecular weight is 223 g/mol. The van der Waals surface area contributed by atoms with Crippen molar-refractivity contribution in [2.75, 3.05) is 18.6 Å². The van der Waals surface area contributed by atoms with Gasteiger partial charge in [0.25, 0.3) is 0 Å². The van der Waals surface area contributed by atoms with Gasteiger partial charge in [-0.05, 0) is 0 Å². The van der Waals surface area contributed by atoms with Crippen molar-refractivity contribution in [3.05, 3.63) is 17.2 Å². The Morgan fingerprint density at radius 3 is 2.21 bits per heavy atom. The molecule has 3 nitrogen and oxygen atoms in total. The molecule has 4 N–H and O–H groups in total. The lowest BCUT2D eigenvalue weighted by Gasteiger charge is -2.12. The zero-order chi connectivity index (χ0) is 10.9. The highest BCUT2D eigenvalue weighted by Crippen LogP contribution is 2.35. The molecule has 1 aromatic carbocycles. The quantitative estimate of drug-likeness (QED) is 0.593. The van der Waals surface area contributed by atoms with Gasteiger partial charge in [0.05, 0.1) is 24.4 Å². The molecule has 0 saturated heterocycles. The van der Waals surface area contributed by atoms with Crippen molar-refractivity contribution in [3.8, 4) is 5.75 Å². The van der Waals surface area contributed by atoms with Crippen molar-refractivity contribution < 1.29 is 13.5 Å². The number of halogens is 3. The maximum atomic E-state index is 13.4. The predicted octanol–water partition coefficient (Wildman–Crippen LogP) is 1.88. The van der Waals surface area contributed by atoms with Crippen LogP contribution in [0.2, 0.25) is 0 Å². The van der Waals surface area contributed by atoms with E-state index in [1.807, 2.05) is 0 Å². The van der Waals surface area contributed by atoms with E-state index in [4.69, 9.17) is 23.1 Å². The summed E-state index contributed by atoms with van der Waals surface area (Å²) in [4.78, 5) is 0. The average Bonchev–Trinajstić information content (AvgIpc) is 2.16. The molecule has 0 aliphatic carbocycles. The van der Waals surface area contributed by atoms with E-state index in [0.717, 1.165) is 7.11 Å². The monoisotopic (exact) mass is 222 g/mol. The van der Waals surface area contributed by atoms with Gasteiger partial charge in [-0.25, -0.2) is 8.78 Å². The zero-order valence-electron chi connectivity index (χ0n) is 7.40. The Morgan fingerprint density at radius 2 is 1.79 bits per heavy atom. The minimum Gasteiger partial charge on any atom is -0.491 e. The fourth-order valence-electron chi connectivity index (χ4n) is 1.06. The summed E-state index contributed by atoms with van der Waals surface area (Å²) >= 11 is 5.44. The van der Waals surface area contributed by atoms with Gasteiger partial charge < -0.3 is 16.2 Å². The number of nitrogens with two attached hydrogens (primary N) is 2. The van der Waals surface area contributed by atoms with Crippen LogP contribution < -0.4 is 16.2 Å². The molecular weight excluding hydrogens is 214 g/mol. The van der Waals surface area contributed by atoms with Crippen LogP contribution in [-0.2, 0) is 5.88 Å². The number of nitrogen functional groups attached to an aromatic ring is 2. The maximum Gasteiger partial charge on any atom is 0.193 e. The number of methoxy groups -OCH3 is 1. The summed E-state index contributed by atoms with van der Waals surface area (Å²) < 4.78 is 31.1. The van der Waals surface area contributed by atoms with E-state index in [1.54, 1.807) is 0 Å². The second kappa shape index (κ2) is 3.88. The van der Waals surface area contributed by atoms with E-state index < -0.39 is 17.4 Å². The van der Waals surface area contributed by atoms with E-state index in [2.05, 4.69) is 4.74 Å². The molecule has 14 heavy (non-hydrogen) atoms. The molecule has 0 aliphatic rings. The standard InChI is InChI=1S/C8H9ClF2N2O/c1-14-8-4(10)3(2-9)6(12)7(13)5(8)11/h2,12-13H2,1H3. The van der Waals surface area contributed by atoms with Crippen LogP contribution in [0, 0.1) is 11.6 Å². The molecule has 0 unspecified atom stereocenters. The molecule has 0 bridgehead atoms. The fraction of sp³-hybridized carbons (Fsp3) is 0.250. The molecule has 6 heteroatoms. The highest BCUT2D eigenvalue weighted by Gasteiger charge is 2.21. The summed E-state index contributed by atoms with van der Waals surface area (Å²) in [5.41, 5.74) is 10.1. The second-order valence-corrected chi connectivity index (χ2v) is 2.87. The summed E-state index contributed by atoms with van der Waals surface area (Å²) in [6.45, 7) is 0. The third-order valence-electron chi connectivity index (χ3n) is 1.85. The molecule has 0 radical (unpaired) electrons. The SMILES string of the molecule is COc1c(F)c(N)c(N)c(CCl)c1F. The Balaban J connectivity index is 3.56. The number of anilines is 2. The van der Waals surface area contributed by atoms with Crippen molar-refractivity contribution >= 4 is 23.0 Å². The van der Waals surface area contributed by atoms with Crippen molar-refractivity contribution in [1.29, 1.82) is 0 Å². The molecule has 0 saturated carbocycles. The number of ether oxygens (including phenoxy) is 1. The van der Waals surface area contributed by atoms with Crippen LogP contribution >= 0.6 is 11.6 Å². The van der Waals surface area contributed by atoms with Crippen molar-refractivity contribution in [1.82, 2.24) is 0 Å². The molecule has 0 heterocycles. The highest BCUT2D eigenvalue weighted by molar-refractivity contribution is 6.17. The van der Waals surface area contributed by atoms with Gasteiger partial charge in [-0.3, -0.25) is 0 Å². The number of rotatable bonds is 2.